The number of ketones is 1. The Bertz CT molecular complexity index is 204. The summed E-state index contributed by atoms with van der Waals surface area (Å²) in [5, 5.41) is 0. The van der Waals surface area contributed by atoms with Crippen LogP contribution in [0.25, 0.3) is 0 Å². The highest BCUT2D eigenvalue weighted by Crippen LogP contribution is 2.28. The van der Waals surface area contributed by atoms with E-state index in [9.17, 15) is 4.79 Å². The fraction of sp³-hybridized carbons (Fsp3) is 0.938. The van der Waals surface area contributed by atoms with Crippen LogP contribution < -0.4 is 0 Å². The zero-order valence-electron chi connectivity index (χ0n) is 11.8. The zero-order chi connectivity index (χ0) is 12.5. The first-order valence-corrected chi connectivity index (χ1v) is 7.77. The molecule has 0 aromatic carbocycles. The standard InChI is InChI=1S/C16H30O/c1-3-5-9-14(4-2)12-16(17)13-15-10-7-6-8-11-15/h14-15H,3-13H2,1-2H3. The van der Waals surface area contributed by atoms with Crippen molar-refractivity contribution in [3.05, 3.63) is 0 Å². The number of rotatable bonds is 8. The molecule has 0 amide bonds. The molecule has 1 aliphatic carbocycles. The topological polar surface area (TPSA) is 17.1 Å². The maximum atomic E-state index is 12.0. The lowest BCUT2D eigenvalue weighted by Crippen LogP contribution is -2.15. The summed E-state index contributed by atoms with van der Waals surface area (Å²) in [4.78, 5) is 12.0. The number of carbonyl (C=O) groups is 1. The molecule has 0 aliphatic heterocycles. The molecule has 0 N–H and O–H groups in total. The van der Waals surface area contributed by atoms with Gasteiger partial charge in [0, 0.05) is 12.8 Å². The number of hydrogen-bond donors (Lipinski definition) is 0. The van der Waals surface area contributed by atoms with Crippen LogP contribution in [0.2, 0.25) is 0 Å². The van der Waals surface area contributed by atoms with Gasteiger partial charge in [0.2, 0.25) is 0 Å². The summed E-state index contributed by atoms with van der Waals surface area (Å²) in [5.74, 6) is 1.92. The Labute approximate surface area is 107 Å². The van der Waals surface area contributed by atoms with Gasteiger partial charge in [-0.2, -0.15) is 0 Å². The first kappa shape index (κ1) is 14.7. The Morgan fingerprint density at radius 2 is 1.88 bits per heavy atom. The SMILES string of the molecule is CCCCC(CC)CC(=O)CC1CCCCC1. The molecule has 1 unspecified atom stereocenters. The summed E-state index contributed by atoms with van der Waals surface area (Å²) in [6, 6.07) is 0. The minimum Gasteiger partial charge on any atom is -0.300 e. The molecule has 0 spiro atoms. The van der Waals surface area contributed by atoms with Crippen molar-refractivity contribution in [2.45, 2.75) is 84.5 Å². The summed E-state index contributed by atoms with van der Waals surface area (Å²) in [6.45, 7) is 4.46. The van der Waals surface area contributed by atoms with Gasteiger partial charge in [-0.3, -0.25) is 4.79 Å². The van der Waals surface area contributed by atoms with Crippen molar-refractivity contribution in [3.8, 4) is 0 Å². The molecule has 0 aromatic rings. The van der Waals surface area contributed by atoms with Crippen LogP contribution in [0.1, 0.15) is 84.5 Å². The molecule has 1 fully saturated rings. The fourth-order valence-corrected chi connectivity index (χ4v) is 3.06. The smallest absolute Gasteiger partial charge is 0.133 e. The third kappa shape index (κ3) is 6.24. The van der Waals surface area contributed by atoms with Crippen LogP contribution in [0.3, 0.4) is 0 Å². The maximum absolute atomic E-state index is 12.0. The Kier molecular flexibility index (Phi) is 7.55. The van der Waals surface area contributed by atoms with E-state index < -0.39 is 0 Å². The molecule has 1 heteroatoms. The van der Waals surface area contributed by atoms with E-state index in [2.05, 4.69) is 13.8 Å². The maximum Gasteiger partial charge on any atom is 0.133 e. The summed E-state index contributed by atoms with van der Waals surface area (Å²) < 4.78 is 0. The van der Waals surface area contributed by atoms with Crippen molar-refractivity contribution < 1.29 is 4.79 Å². The van der Waals surface area contributed by atoms with Crippen LogP contribution in [-0.2, 0) is 4.79 Å². The summed E-state index contributed by atoms with van der Waals surface area (Å²) in [7, 11) is 0. The van der Waals surface area contributed by atoms with Crippen molar-refractivity contribution >= 4 is 5.78 Å². The quantitative estimate of drug-likeness (QED) is 0.572. The number of hydrogen-bond acceptors (Lipinski definition) is 1. The normalized spacial score (nSPS) is 19.2. The molecule has 17 heavy (non-hydrogen) atoms. The Morgan fingerprint density at radius 3 is 2.47 bits per heavy atom. The first-order chi connectivity index (χ1) is 8.26. The van der Waals surface area contributed by atoms with Gasteiger partial charge in [0.1, 0.15) is 5.78 Å². The summed E-state index contributed by atoms with van der Waals surface area (Å²) >= 11 is 0. The average molecular weight is 238 g/mol. The molecule has 0 aromatic heterocycles. The van der Waals surface area contributed by atoms with Crippen molar-refractivity contribution in [2.24, 2.45) is 11.8 Å². The van der Waals surface area contributed by atoms with Crippen LogP contribution in [0, 0.1) is 11.8 Å². The molecule has 1 aliphatic rings. The largest absolute Gasteiger partial charge is 0.300 e. The van der Waals surface area contributed by atoms with Crippen LogP contribution in [-0.4, -0.2) is 5.78 Å². The predicted molar refractivity (Wildman–Crippen MR) is 74.1 cm³/mol. The van der Waals surface area contributed by atoms with Gasteiger partial charge in [-0.1, -0.05) is 71.6 Å². The number of unbranched alkanes of at least 4 members (excludes halogenated alkanes) is 1. The van der Waals surface area contributed by atoms with E-state index in [1.54, 1.807) is 0 Å². The van der Waals surface area contributed by atoms with E-state index in [0.717, 1.165) is 18.8 Å². The monoisotopic (exact) mass is 238 g/mol. The highest BCUT2D eigenvalue weighted by molar-refractivity contribution is 5.78. The van der Waals surface area contributed by atoms with Crippen LogP contribution >= 0.6 is 0 Å². The van der Waals surface area contributed by atoms with Crippen molar-refractivity contribution in [2.75, 3.05) is 0 Å². The lowest BCUT2D eigenvalue weighted by atomic mass is 9.83. The molecule has 1 atom stereocenters. The van der Waals surface area contributed by atoms with E-state index >= 15 is 0 Å². The highest BCUT2D eigenvalue weighted by Gasteiger charge is 2.19. The Hall–Kier alpha value is -0.330. The van der Waals surface area contributed by atoms with Crippen LogP contribution in [0.4, 0.5) is 0 Å². The van der Waals surface area contributed by atoms with Gasteiger partial charge < -0.3 is 0 Å². The molecule has 1 saturated carbocycles. The van der Waals surface area contributed by atoms with Gasteiger partial charge in [0.25, 0.3) is 0 Å². The first-order valence-electron chi connectivity index (χ1n) is 7.77. The summed E-state index contributed by atoms with van der Waals surface area (Å²) in [6.07, 6.45) is 13.4. The molecule has 100 valence electrons. The fourth-order valence-electron chi connectivity index (χ4n) is 3.06. The molecule has 1 nitrogen and oxygen atoms in total. The Balaban J connectivity index is 2.21. The molecular weight excluding hydrogens is 208 g/mol. The molecule has 0 radical (unpaired) electrons. The van der Waals surface area contributed by atoms with Gasteiger partial charge in [-0.15, -0.1) is 0 Å². The van der Waals surface area contributed by atoms with Gasteiger partial charge in [0.05, 0.1) is 0 Å². The van der Waals surface area contributed by atoms with E-state index in [0.29, 0.717) is 11.7 Å². The number of Topliss-reactive ketones (excluding diaryl/α,β-unsaturated/α-hetero) is 1. The minimum absolute atomic E-state index is 0.542. The van der Waals surface area contributed by atoms with E-state index in [1.165, 1.54) is 57.8 Å². The van der Waals surface area contributed by atoms with Crippen molar-refractivity contribution in [1.29, 1.82) is 0 Å². The van der Waals surface area contributed by atoms with E-state index in [-0.39, 0.29) is 0 Å². The van der Waals surface area contributed by atoms with Crippen LogP contribution in [0.5, 0.6) is 0 Å². The van der Waals surface area contributed by atoms with Gasteiger partial charge in [-0.05, 0) is 11.8 Å². The Morgan fingerprint density at radius 1 is 1.18 bits per heavy atom. The molecule has 0 heterocycles. The van der Waals surface area contributed by atoms with Crippen molar-refractivity contribution in [3.63, 3.8) is 0 Å². The number of carbonyl (C=O) groups excluding carboxylic acids is 1. The third-order valence-corrected chi connectivity index (χ3v) is 4.30. The molecular formula is C16H30O. The molecule has 1 rings (SSSR count). The third-order valence-electron chi connectivity index (χ3n) is 4.30. The van der Waals surface area contributed by atoms with Crippen LogP contribution in [0.15, 0.2) is 0 Å². The second kappa shape index (κ2) is 8.72. The minimum atomic E-state index is 0.542. The van der Waals surface area contributed by atoms with E-state index in [1.807, 2.05) is 0 Å². The second-order valence-electron chi connectivity index (χ2n) is 5.87. The average Bonchev–Trinajstić information content (AvgIpc) is 2.35. The molecule has 0 saturated heterocycles. The van der Waals surface area contributed by atoms with Gasteiger partial charge >= 0.3 is 0 Å². The predicted octanol–water partition coefficient (Wildman–Crippen LogP) is 5.13. The highest BCUT2D eigenvalue weighted by atomic mass is 16.1. The van der Waals surface area contributed by atoms with Crippen molar-refractivity contribution in [1.82, 2.24) is 0 Å². The van der Waals surface area contributed by atoms with Gasteiger partial charge in [-0.25, -0.2) is 0 Å². The zero-order valence-corrected chi connectivity index (χ0v) is 11.8. The van der Waals surface area contributed by atoms with Gasteiger partial charge in [0.15, 0.2) is 0 Å². The summed E-state index contributed by atoms with van der Waals surface area (Å²) in [5.41, 5.74) is 0. The lowest BCUT2D eigenvalue weighted by molar-refractivity contribution is -0.121. The second-order valence-corrected chi connectivity index (χ2v) is 5.87. The molecule has 0 bridgehead atoms. The lowest BCUT2D eigenvalue weighted by Gasteiger charge is -2.21. The van der Waals surface area contributed by atoms with E-state index in [4.69, 9.17) is 0 Å².